The number of hydrogen-bond acceptors (Lipinski definition) is 3. The molecule has 1 aliphatic heterocycles. The number of rotatable bonds is 3. The molecule has 1 aromatic rings. The highest BCUT2D eigenvalue weighted by molar-refractivity contribution is 5.78. The number of nitrogens with one attached hydrogen (secondary N) is 1. The van der Waals surface area contributed by atoms with E-state index in [1.165, 1.54) is 0 Å². The van der Waals surface area contributed by atoms with Gasteiger partial charge in [0.05, 0.1) is 19.2 Å². The third-order valence-corrected chi connectivity index (χ3v) is 3.37. The van der Waals surface area contributed by atoms with Gasteiger partial charge in [-0.15, -0.1) is 0 Å². The maximum atomic E-state index is 11.9. The van der Waals surface area contributed by atoms with Crippen LogP contribution in [0, 0.1) is 11.3 Å². The first-order valence-corrected chi connectivity index (χ1v) is 6.11. The van der Waals surface area contributed by atoms with Gasteiger partial charge in [-0.1, -0.05) is 12.1 Å². The third-order valence-electron chi connectivity index (χ3n) is 3.37. The van der Waals surface area contributed by atoms with Crippen LogP contribution in [-0.2, 0) is 0 Å². The number of carbonyl (C=O) groups excluding carboxylic acids is 1. The zero-order valence-electron chi connectivity index (χ0n) is 11.3. The first-order valence-electron chi connectivity index (χ1n) is 6.11. The molecule has 1 saturated heterocycles. The van der Waals surface area contributed by atoms with Crippen LogP contribution in [0.2, 0.25) is 0 Å². The summed E-state index contributed by atoms with van der Waals surface area (Å²) < 4.78 is 5.10. The van der Waals surface area contributed by atoms with Crippen molar-refractivity contribution in [1.82, 2.24) is 10.2 Å². The molecule has 2 rings (SSSR count). The number of nitriles is 1. The molecule has 1 heterocycles. The Morgan fingerprint density at radius 2 is 2.05 bits per heavy atom. The molecule has 5 nitrogen and oxygen atoms in total. The number of ether oxygens (including phenoxy) is 1. The summed E-state index contributed by atoms with van der Waals surface area (Å²) in [6.45, 7) is 3.97. The van der Waals surface area contributed by atoms with Crippen molar-refractivity contribution in [3.05, 3.63) is 29.8 Å². The van der Waals surface area contributed by atoms with Crippen LogP contribution in [0.1, 0.15) is 25.5 Å². The van der Waals surface area contributed by atoms with Crippen molar-refractivity contribution in [2.75, 3.05) is 13.7 Å². The molecule has 1 atom stereocenters. The van der Waals surface area contributed by atoms with Crippen molar-refractivity contribution in [3.63, 3.8) is 0 Å². The monoisotopic (exact) mass is 259 g/mol. The van der Waals surface area contributed by atoms with E-state index in [4.69, 9.17) is 10.00 Å². The number of hydrogen-bond donors (Lipinski definition) is 1. The van der Waals surface area contributed by atoms with Gasteiger partial charge in [0.1, 0.15) is 11.3 Å². The fourth-order valence-electron chi connectivity index (χ4n) is 2.11. The molecule has 0 saturated carbocycles. The highest BCUT2D eigenvalue weighted by Gasteiger charge is 2.39. The Kier molecular flexibility index (Phi) is 3.34. The molecule has 0 radical (unpaired) electrons. The van der Waals surface area contributed by atoms with Gasteiger partial charge in [0.25, 0.3) is 0 Å². The predicted molar refractivity (Wildman–Crippen MR) is 70.7 cm³/mol. The van der Waals surface area contributed by atoms with E-state index in [1.54, 1.807) is 25.9 Å². The Morgan fingerprint density at radius 1 is 1.42 bits per heavy atom. The van der Waals surface area contributed by atoms with E-state index in [9.17, 15) is 4.79 Å². The van der Waals surface area contributed by atoms with Crippen molar-refractivity contribution in [3.8, 4) is 11.8 Å². The molecule has 19 heavy (non-hydrogen) atoms. The Bertz CT molecular complexity index is 516. The van der Waals surface area contributed by atoms with Gasteiger partial charge >= 0.3 is 6.03 Å². The van der Waals surface area contributed by atoms with Crippen LogP contribution in [0.25, 0.3) is 0 Å². The second kappa shape index (κ2) is 4.81. The van der Waals surface area contributed by atoms with Gasteiger partial charge in [-0.2, -0.15) is 5.26 Å². The number of benzene rings is 1. The van der Waals surface area contributed by atoms with Crippen molar-refractivity contribution in [1.29, 1.82) is 5.26 Å². The highest BCUT2D eigenvalue weighted by atomic mass is 16.5. The molecular formula is C14H17N3O2. The fourth-order valence-corrected chi connectivity index (χ4v) is 2.11. The average molecular weight is 259 g/mol. The minimum absolute atomic E-state index is 0.0916. The summed E-state index contributed by atoms with van der Waals surface area (Å²) in [5, 5.41) is 12.0. The lowest BCUT2D eigenvalue weighted by atomic mass is 10.0. The minimum Gasteiger partial charge on any atom is -0.497 e. The lowest BCUT2D eigenvalue weighted by Crippen LogP contribution is -2.44. The smallest absolute Gasteiger partial charge is 0.319 e. The molecule has 0 spiro atoms. The van der Waals surface area contributed by atoms with E-state index in [0.29, 0.717) is 6.54 Å². The number of urea groups is 1. The lowest BCUT2D eigenvalue weighted by molar-refractivity contribution is 0.186. The van der Waals surface area contributed by atoms with Crippen LogP contribution in [0.15, 0.2) is 24.3 Å². The second-order valence-electron chi connectivity index (χ2n) is 5.06. The summed E-state index contributed by atoms with van der Waals surface area (Å²) in [4.78, 5) is 13.5. The molecule has 1 fully saturated rings. The fraction of sp³-hybridized carbons (Fsp3) is 0.429. The van der Waals surface area contributed by atoms with Crippen LogP contribution in [-0.4, -0.2) is 30.1 Å². The largest absolute Gasteiger partial charge is 0.497 e. The van der Waals surface area contributed by atoms with E-state index in [1.807, 2.05) is 24.3 Å². The molecule has 0 bridgehead atoms. The number of amides is 2. The van der Waals surface area contributed by atoms with Gasteiger partial charge in [0.15, 0.2) is 0 Å². The zero-order valence-corrected chi connectivity index (χ0v) is 11.3. The first kappa shape index (κ1) is 13.2. The van der Waals surface area contributed by atoms with Gasteiger partial charge in [0, 0.05) is 6.54 Å². The van der Waals surface area contributed by atoms with Crippen molar-refractivity contribution in [2.45, 2.75) is 25.4 Å². The molecule has 1 unspecified atom stereocenters. The number of carbonyl (C=O) groups is 1. The Balaban J connectivity index is 2.17. The maximum Gasteiger partial charge on any atom is 0.319 e. The molecule has 1 aliphatic rings. The van der Waals surface area contributed by atoms with Gasteiger partial charge < -0.3 is 15.0 Å². The van der Waals surface area contributed by atoms with Crippen molar-refractivity contribution < 1.29 is 9.53 Å². The third kappa shape index (κ3) is 2.48. The lowest BCUT2D eigenvalue weighted by Gasteiger charge is -2.27. The van der Waals surface area contributed by atoms with E-state index < -0.39 is 5.54 Å². The van der Waals surface area contributed by atoms with E-state index in [2.05, 4.69) is 11.4 Å². The van der Waals surface area contributed by atoms with Gasteiger partial charge in [-0.3, -0.25) is 0 Å². The van der Waals surface area contributed by atoms with Crippen molar-refractivity contribution >= 4 is 6.03 Å². The second-order valence-corrected chi connectivity index (χ2v) is 5.06. The predicted octanol–water partition coefficient (Wildman–Crippen LogP) is 2.06. The summed E-state index contributed by atoms with van der Waals surface area (Å²) >= 11 is 0. The van der Waals surface area contributed by atoms with Gasteiger partial charge in [0.2, 0.25) is 0 Å². The summed E-state index contributed by atoms with van der Waals surface area (Å²) in [5.74, 6) is 0.780. The molecular weight excluding hydrogens is 242 g/mol. The average Bonchev–Trinajstić information content (AvgIpc) is 2.82. The minimum atomic E-state index is -0.800. The van der Waals surface area contributed by atoms with E-state index in [-0.39, 0.29) is 12.1 Å². The van der Waals surface area contributed by atoms with Gasteiger partial charge in [-0.05, 0) is 31.5 Å². The molecule has 1 aromatic carbocycles. The summed E-state index contributed by atoms with van der Waals surface area (Å²) in [6, 6.07) is 9.42. The van der Waals surface area contributed by atoms with Crippen molar-refractivity contribution in [2.24, 2.45) is 0 Å². The Labute approximate surface area is 112 Å². The maximum absolute atomic E-state index is 11.9. The number of nitrogens with zero attached hydrogens (tertiary/aromatic N) is 2. The highest BCUT2D eigenvalue weighted by Crippen LogP contribution is 2.27. The standard InChI is InChI=1S/C14H17N3O2/c1-14(2,9-15)17-8-12(16-13(17)18)10-4-6-11(19-3)7-5-10/h4-7,12H,8H2,1-3H3,(H,16,18). The Hall–Kier alpha value is -2.22. The SMILES string of the molecule is COc1ccc(C2CN(C(C)(C)C#N)C(=O)N2)cc1. The molecule has 5 heteroatoms. The number of methoxy groups -OCH3 is 1. The van der Waals surface area contributed by atoms with Crippen LogP contribution < -0.4 is 10.1 Å². The topological polar surface area (TPSA) is 65.4 Å². The zero-order chi connectivity index (χ0) is 14.0. The summed E-state index contributed by atoms with van der Waals surface area (Å²) in [7, 11) is 1.61. The molecule has 0 aliphatic carbocycles. The van der Waals surface area contributed by atoms with Crippen LogP contribution in [0.5, 0.6) is 5.75 Å². The normalized spacial score (nSPS) is 18.9. The molecule has 1 N–H and O–H groups in total. The van der Waals surface area contributed by atoms with Crippen LogP contribution >= 0.6 is 0 Å². The van der Waals surface area contributed by atoms with Gasteiger partial charge in [-0.25, -0.2) is 4.79 Å². The van der Waals surface area contributed by atoms with Crippen LogP contribution in [0.4, 0.5) is 4.79 Å². The molecule has 2 amide bonds. The quantitative estimate of drug-likeness (QED) is 0.903. The van der Waals surface area contributed by atoms with E-state index >= 15 is 0 Å². The summed E-state index contributed by atoms with van der Waals surface area (Å²) in [5.41, 5.74) is 0.205. The van der Waals surface area contributed by atoms with E-state index in [0.717, 1.165) is 11.3 Å². The molecule has 0 aromatic heterocycles. The van der Waals surface area contributed by atoms with Crippen LogP contribution in [0.3, 0.4) is 0 Å². The first-order chi connectivity index (χ1) is 8.97. The molecule has 100 valence electrons. The Morgan fingerprint density at radius 3 is 2.58 bits per heavy atom. The summed E-state index contributed by atoms with van der Waals surface area (Å²) in [6.07, 6.45) is 0.